The highest BCUT2D eigenvalue weighted by Crippen LogP contribution is 2.63. The second-order valence-corrected chi connectivity index (χ2v) is 12.0. The molecule has 6 nitrogen and oxygen atoms in total. The van der Waals surface area contributed by atoms with Crippen molar-refractivity contribution >= 4 is 46.4 Å². The van der Waals surface area contributed by atoms with E-state index in [2.05, 4.69) is 0 Å². The van der Waals surface area contributed by atoms with E-state index in [0.717, 1.165) is 28.1 Å². The largest absolute Gasteiger partial charge is 0.453 e. The lowest BCUT2D eigenvalue weighted by Gasteiger charge is -2.62. The van der Waals surface area contributed by atoms with Gasteiger partial charge >= 0.3 is 0 Å². The van der Waals surface area contributed by atoms with Gasteiger partial charge in [-0.3, -0.25) is 19.4 Å². The summed E-state index contributed by atoms with van der Waals surface area (Å²) in [4.78, 5) is 35.4. The molecule has 2 saturated heterocycles. The topological polar surface area (TPSA) is 62.2 Å². The van der Waals surface area contributed by atoms with Crippen LogP contribution in [0.2, 0.25) is 5.02 Å². The molecule has 6 rings (SSSR count). The van der Waals surface area contributed by atoms with Crippen molar-refractivity contribution in [3.8, 4) is 0 Å². The lowest BCUT2D eigenvalue weighted by molar-refractivity contribution is -0.151. The first-order valence-electron chi connectivity index (χ1n) is 12.8. The molecule has 1 spiro atoms. The van der Waals surface area contributed by atoms with Crippen LogP contribution >= 0.6 is 11.6 Å². The van der Waals surface area contributed by atoms with E-state index < -0.39 is 22.6 Å². The first-order chi connectivity index (χ1) is 17.9. The molecule has 38 heavy (non-hydrogen) atoms. The van der Waals surface area contributed by atoms with Crippen LogP contribution in [0.1, 0.15) is 44.4 Å². The van der Waals surface area contributed by atoms with Crippen LogP contribution in [0.3, 0.4) is 0 Å². The minimum Gasteiger partial charge on any atom is -0.453 e. The third kappa shape index (κ3) is 3.04. The maximum atomic E-state index is 13.8. The highest BCUT2D eigenvalue weighted by molar-refractivity contribution is 6.31. The standard InChI is InChI=1S/C31H30ClN3O3/c1-18-7-12-21(13-8-18)34-26(36)29(3,4)28(34)38-25-31(23-17-20(32)11-16-24(23)33-25)30(5,6)27(37)35(31)22-14-9-19(2)10-15-22/h7-17,28H,1-6H3/t28-,31-/m1/s1. The third-order valence-electron chi connectivity index (χ3n) is 8.31. The van der Waals surface area contributed by atoms with E-state index in [4.69, 9.17) is 21.3 Å². The van der Waals surface area contributed by atoms with Crippen LogP contribution in [0.4, 0.5) is 17.1 Å². The second kappa shape index (κ2) is 7.93. The van der Waals surface area contributed by atoms with Gasteiger partial charge in [-0.05, 0) is 84.0 Å². The Labute approximate surface area is 227 Å². The number of fused-ring (bicyclic) bond motifs is 2. The summed E-state index contributed by atoms with van der Waals surface area (Å²) in [5.74, 6) is 0.325. The Morgan fingerprint density at radius 1 is 0.816 bits per heavy atom. The molecule has 3 aliphatic heterocycles. The average Bonchev–Trinajstić information content (AvgIpc) is 3.21. The number of rotatable bonds is 3. The number of halogens is 1. The molecule has 0 bridgehead atoms. The van der Waals surface area contributed by atoms with Gasteiger partial charge in [-0.15, -0.1) is 0 Å². The van der Waals surface area contributed by atoms with Crippen molar-refractivity contribution in [1.29, 1.82) is 0 Å². The summed E-state index contributed by atoms with van der Waals surface area (Å²) in [6, 6.07) is 21.2. The van der Waals surface area contributed by atoms with E-state index in [1.54, 1.807) is 15.9 Å². The van der Waals surface area contributed by atoms with E-state index in [9.17, 15) is 9.59 Å². The number of hydrogen-bond acceptors (Lipinski definition) is 4. The zero-order valence-corrected chi connectivity index (χ0v) is 23.1. The fraction of sp³-hybridized carbons (Fsp3) is 0.323. The molecule has 7 heteroatoms. The van der Waals surface area contributed by atoms with Crippen molar-refractivity contribution in [3.05, 3.63) is 88.4 Å². The molecule has 0 aromatic heterocycles. The summed E-state index contributed by atoms with van der Waals surface area (Å²) in [6.45, 7) is 11.6. The Bertz CT molecular complexity index is 1520. The molecule has 0 saturated carbocycles. The number of aliphatic imine (C=N–C) groups is 1. The maximum absolute atomic E-state index is 13.8. The highest BCUT2D eigenvalue weighted by atomic mass is 35.5. The van der Waals surface area contributed by atoms with E-state index >= 15 is 0 Å². The Balaban J connectivity index is 1.49. The lowest BCUT2D eigenvalue weighted by Crippen LogP contribution is -2.78. The van der Waals surface area contributed by atoms with Gasteiger partial charge in [0.2, 0.25) is 17.7 Å². The molecule has 194 valence electrons. The van der Waals surface area contributed by atoms with Crippen molar-refractivity contribution in [1.82, 2.24) is 0 Å². The number of ether oxygens (including phenoxy) is 1. The van der Waals surface area contributed by atoms with Crippen molar-refractivity contribution < 1.29 is 14.3 Å². The van der Waals surface area contributed by atoms with Crippen LogP contribution in [0.15, 0.2) is 71.7 Å². The van der Waals surface area contributed by atoms with Gasteiger partial charge in [0.15, 0.2) is 11.8 Å². The number of hydrogen-bond donors (Lipinski definition) is 0. The van der Waals surface area contributed by atoms with Gasteiger partial charge in [0.25, 0.3) is 0 Å². The first-order valence-corrected chi connectivity index (χ1v) is 13.2. The number of anilines is 2. The fourth-order valence-electron chi connectivity index (χ4n) is 5.99. The van der Waals surface area contributed by atoms with Crippen LogP contribution in [0, 0.1) is 24.7 Å². The van der Waals surface area contributed by atoms with Crippen molar-refractivity contribution in [2.45, 2.75) is 53.3 Å². The zero-order valence-electron chi connectivity index (χ0n) is 22.4. The molecule has 3 aliphatic rings. The number of amides is 2. The Morgan fingerprint density at radius 3 is 2.00 bits per heavy atom. The molecular weight excluding hydrogens is 498 g/mol. The predicted octanol–water partition coefficient (Wildman–Crippen LogP) is 6.68. The molecule has 0 radical (unpaired) electrons. The molecule has 3 aromatic rings. The van der Waals surface area contributed by atoms with Crippen molar-refractivity contribution in [2.24, 2.45) is 15.8 Å². The highest BCUT2D eigenvalue weighted by Gasteiger charge is 2.74. The molecule has 0 N–H and O–H groups in total. The summed E-state index contributed by atoms with van der Waals surface area (Å²) in [5, 5.41) is 0.555. The quantitative estimate of drug-likeness (QED) is 0.357. The van der Waals surface area contributed by atoms with Crippen LogP contribution in [0.5, 0.6) is 0 Å². The average molecular weight is 528 g/mol. The van der Waals surface area contributed by atoms with E-state index in [0.29, 0.717) is 16.6 Å². The smallest absolute Gasteiger partial charge is 0.241 e. The monoisotopic (exact) mass is 527 g/mol. The Hall–Kier alpha value is -3.64. The van der Waals surface area contributed by atoms with Crippen LogP contribution < -0.4 is 9.80 Å². The summed E-state index contributed by atoms with van der Waals surface area (Å²) >= 11 is 6.50. The lowest BCUT2D eigenvalue weighted by atomic mass is 9.59. The summed E-state index contributed by atoms with van der Waals surface area (Å²) < 4.78 is 6.79. The number of benzene rings is 3. The molecule has 3 heterocycles. The summed E-state index contributed by atoms with van der Waals surface area (Å²) in [6.07, 6.45) is -0.607. The predicted molar refractivity (Wildman–Crippen MR) is 150 cm³/mol. The molecule has 3 aromatic carbocycles. The van der Waals surface area contributed by atoms with Gasteiger partial charge < -0.3 is 4.74 Å². The number of aryl methyl sites for hydroxylation is 2. The van der Waals surface area contributed by atoms with E-state index in [1.807, 2.05) is 102 Å². The summed E-state index contributed by atoms with van der Waals surface area (Å²) in [7, 11) is 0. The van der Waals surface area contributed by atoms with Crippen molar-refractivity contribution in [3.63, 3.8) is 0 Å². The molecular formula is C31H30ClN3O3. The molecule has 2 fully saturated rings. The Morgan fingerprint density at radius 2 is 1.39 bits per heavy atom. The number of carbonyl (C=O) groups excluding carboxylic acids is 2. The number of nitrogens with zero attached hydrogens (tertiary/aromatic N) is 3. The van der Waals surface area contributed by atoms with Gasteiger partial charge in [0.05, 0.1) is 11.1 Å². The SMILES string of the molecule is Cc1ccc(N2C(=O)C(C)(C)[C@H]2OC2=Nc3ccc(Cl)cc3[C@@]23N(c2ccc(C)cc2)C(=O)C3(C)C)cc1. The van der Waals surface area contributed by atoms with Gasteiger partial charge in [-0.2, -0.15) is 0 Å². The molecule has 2 atom stereocenters. The van der Waals surface area contributed by atoms with E-state index in [1.165, 1.54) is 0 Å². The van der Waals surface area contributed by atoms with Gasteiger partial charge in [0, 0.05) is 22.0 Å². The van der Waals surface area contributed by atoms with Crippen LogP contribution in [-0.2, 0) is 19.9 Å². The summed E-state index contributed by atoms with van der Waals surface area (Å²) in [5.41, 5.74) is 2.55. The Kier molecular flexibility index (Phi) is 5.15. The molecule has 0 aliphatic carbocycles. The molecule has 0 unspecified atom stereocenters. The van der Waals surface area contributed by atoms with Crippen LogP contribution in [0.25, 0.3) is 0 Å². The minimum absolute atomic E-state index is 0.0288. The number of carbonyl (C=O) groups is 2. The minimum atomic E-state index is -1.02. The van der Waals surface area contributed by atoms with Gasteiger partial charge in [-0.25, -0.2) is 4.99 Å². The van der Waals surface area contributed by atoms with E-state index in [-0.39, 0.29) is 11.8 Å². The normalized spacial score (nSPS) is 24.6. The zero-order chi connectivity index (χ0) is 27.2. The number of β-lactam (4-membered cyclic amide) rings is 2. The van der Waals surface area contributed by atoms with Gasteiger partial charge in [0.1, 0.15) is 5.41 Å². The molecule has 2 amide bonds. The third-order valence-corrected chi connectivity index (χ3v) is 8.54. The second-order valence-electron chi connectivity index (χ2n) is 11.6. The van der Waals surface area contributed by atoms with Crippen LogP contribution in [-0.4, -0.2) is 23.9 Å². The fourth-order valence-corrected chi connectivity index (χ4v) is 6.17. The van der Waals surface area contributed by atoms with Crippen molar-refractivity contribution in [2.75, 3.05) is 9.80 Å². The maximum Gasteiger partial charge on any atom is 0.241 e. The van der Waals surface area contributed by atoms with Gasteiger partial charge in [-0.1, -0.05) is 47.0 Å². The first kappa shape index (κ1) is 24.7.